The summed E-state index contributed by atoms with van der Waals surface area (Å²) in [4.78, 5) is 23.4. The number of amides is 1. The van der Waals surface area contributed by atoms with Crippen molar-refractivity contribution in [3.05, 3.63) is 58.4 Å². The van der Waals surface area contributed by atoms with E-state index in [2.05, 4.69) is 20.6 Å². The van der Waals surface area contributed by atoms with Crippen LogP contribution in [0.25, 0.3) is 5.65 Å². The molecule has 0 radical (unpaired) electrons. The van der Waals surface area contributed by atoms with Crippen molar-refractivity contribution < 1.29 is 18.0 Å². The number of pyridine rings is 1. The Morgan fingerprint density at radius 1 is 1.20 bits per heavy atom. The molecule has 0 unspecified atom stereocenters. The van der Waals surface area contributed by atoms with E-state index in [1.165, 1.54) is 30.6 Å². The van der Waals surface area contributed by atoms with Gasteiger partial charge < -0.3 is 5.32 Å². The predicted molar refractivity (Wildman–Crippen MR) is 78.3 cm³/mol. The van der Waals surface area contributed by atoms with Crippen molar-refractivity contribution in [2.45, 2.75) is 19.3 Å². The smallest absolute Gasteiger partial charge is 0.347 e. The lowest BCUT2D eigenvalue weighted by Crippen LogP contribution is -2.33. The quantitative estimate of drug-likeness (QED) is 0.743. The van der Waals surface area contributed by atoms with E-state index in [1.54, 1.807) is 0 Å². The normalized spacial score (nSPS) is 11.6. The first-order chi connectivity index (χ1) is 11.9. The monoisotopic (exact) mass is 352 g/mol. The molecule has 25 heavy (non-hydrogen) atoms. The van der Waals surface area contributed by atoms with Gasteiger partial charge in [0.05, 0.1) is 6.54 Å². The number of carbonyl (C=O) groups excluding carboxylic acids is 1. The van der Waals surface area contributed by atoms with E-state index in [4.69, 9.17) is 0 Å². The first kappa shape index (κ1) is 16.6. The van der Waals surface area contributed by atoms with Gasteiger partial charge in [-0.15, -0.1) is 10.2 Å². The number of hydrogen-bond donors (Lipinski definition) is 1. The van der Waals surface area contributed by atoms with Crippen LogP contribution in [0.15, 0.2) is 41.5 Å². The van der Waals surface area contributed by atoms with E-state index in [9.17, 15) is 22.8 Å². The van der Waals surface area contributed by atoms with Crippen LogP contribution in [0, 0.1) is 0 Å². The van der Waals surface area contributed by atoms with Crippen molar-refractivity contribution in [1.82, 2.24) is 29.7 Å². The number of carbonyl (C=O) groups is 1. The van der Waals surface area contributed by atoms with E-state index in [0.717, 1.165) is 15.1 Å². The molecule has 0 bridgehead atoms. The molecule has 130 valence electrons. The Morgan fingerprint density at radius 2 is 2.00 bits per heavy atom. The lowest BCUT2D eigenvalue weighted by molar-refractivity contribution is -0.136. The molecule has 0 atom stereocenters. The van der Waals surface area contributed by atoms with Gasteiger partial charge in [-0.05, 0) is 18.2 Å². The van der Waals surface area contributed by atoms with Crippen LogP contribution in [0.4, 0.5) is 13.2 Å². The van der Waals surface area contributed by atoms with Gasteiger partial charge in [0, 0.05) is 18.5 Å². The van der Waals surface area contributed by atoms with Gasteiger partial charge >= 0.3 is 6.18 Å². The van der Waals surface area contributed by atoms with Crippen molar-refractivity contribution in [3.8, 4) is 0 Å². The molecular formula is C14H11F3N6O2. The van der Waals surface area contributed by atoms with Crippen molar-refractivity contribution >= 4 is 11.6 Å². The van der Waals surface area contributed by atoms with Crippen LogP contribution in [-0.4, -0.2) is 30.3 Å². The van der Waals surface area contributed by atoms with Crippen LogP contribution in [0.2, 0.25) is 0 Å². The molecule has 11 heteroatoms. The lowest BCUT2D eigenvalue weighted by Gasteiger charge is -2.08. The standard InChI is InChI=1S/C14H11F3N6O2/c15-14(16,17)9-3-2-6-22-10(20-21-13(9)22)7-18-11(24)8-23-12(25)4-1-5-19-23/h1-6H,7-8H2,(H,18,24). The SMILES string of the molecule is O=C(Cn1ncccc1=O)NCc1nnc2c(C(F)(F)F)cccn12. The Morgan fingerprint density at radius 3 is 2.72 bits per heavy atom. The summed E-state index contributed by atoms with van der Waals surface area (Å²) < 4.78 is 40.9. The van der Waals surface area contributed by atoms with E-state index in [1.807, 2.05) is 0 Å². The third-order valence-corrected chi connectivity index (χ3v) is 3.33. The molecule has 0 aromatic carbocycles. The van der Waals surface area contributed by atoms with E-state index in [0.29, 0.717) is 0 Å². The third kappa shape index (κ3) is 3.49. The summed E-state index contributed by atoms with van der Waals surface area (Å²) in [5.74, 6) is -0.410. The maximum atomic E-state index is 12.9. The van der Waals surface area contributed by atoms with Crippen LogP contribution in [-0.2, 0) is 24.1 Å². The highest BCUT2D eigenvalue weighted by Crippen LogP contribution is 2.31. The number of rotatable bonds is 4. The summed E-state index contributed by atoms with van der Waals surface area (Å²) in [6.07, 6.45) is -1.83. The van der Waals surface area contributed by atoms with Crippen molar-refractivity contribution in [2.24, 2.45) is 0 Å². The number of nitrogens with zero attached hydrogens (tertiary/aromatic N) is 5. The number of hydrogen-bond acceptors (Lipinski definition) is 5. The molecule has 3 aromatic rings. The highest BCUT2D eigenvalue weighted by Gasteiger charge is 2.34. The topological polar surface area (TPSA) is 94.2 Å². The first-order valence-electron chi connectivity index (χ1n) is 7.05. The molecule has 3 heterocycles. The summed E-state index contributed by atoms with van der Waals surface area (Å²) in [5.41, 5.74) is -1.71. The van der Waals surface area contributed by atoms with E-state index < -0.39 is 23.2 Å². The molecule has 3 aromatic heterocycles. The lowest BCUT2D eigenvalue weighted by atomic mass is 10.2. The van der Waals surface area contributed by atoms with Crippen molar-refractivity contribution in [2.75, 3.05) is 0 Å². The minimum Gasteiger partial charge on any atom is -0.347 e. The molecule has 3 rings (SSSR count). The Kier molecular flexibility index (Phi) is 4.21. The van der Waals surface area contributed by atoms with Crippen LogP contribution < -0.4 is 10.9 Å². The average Bonchev–Trinajstić information content (AvgIpc) is 2.97. The summed E-state index contributed by atoms with van der Waals surface area (Å²) in [6.45, 7) is -0.465. The van der Waals surface area contributed by atoms with Gasteiger partial charge in [-0.3, -0.25) is 14.0 Å². The average molecular weight is 352 g/mol. The minimum absolute atomic E-state index is 0.128. The summed E-state index contributed by atoms with van der Waals surface area (Å²) in [5, 5.41) is 13.4. The van der Waals surface area contributed by atoms with Crippen LogP contribution in [0.1, 0.15) is 11.4 Å². The molecule has 8 nitrogen and oxygen atoms in total. The van der Waals surface area contributed by atoms with Gasteiger partial charge in [-0.1, -0.05) is 0 Å². The molecule has 1 amide bonds. The zero-order chi connectivity index (χ0) is 18.0. The number of alkyl halides is 3. The van der Waals surface area contributed by atoms with Crippen LogP contribution in [0.5, 0.6) is 0 Å². The summed E-state index contributed by atoms with van der Waals surface area (Å²) in [7, 11) is 0. The Balaban J connectivity index is 1.75. The van der Waals surface area contributed by atoms with Crippen LogP contribution >= 0.6 is 0 Å². The number of fused-ring (bicyclic) bond motifs is 1. The summed E-state index contributed by atoms with van der Waals surface area (Å²) in [6, 6.07) is 4.82. The zero-order valence-electron chi connectivity index (χ0n) is 12.6. The fraction of sp³-hybridized carbons (Fsp3) is 0.214. The number of nitrogens with one attached hydrogen (secondary N) is 1. The van der Waals surface area contributed by atoms with Crippen LogP contribution in [0.3, 0.4) is 0 Å². The molecule has 0 saturated carbocycles. The minimum atomic E-state index is -4.56. The third-order valence-electron chi connectivity index (χ3n) is 3.33. The molecule has 0 aliphatic rings. The summed E-state index contributed by atoms with van der Waals surface area (Å²) >= 11 is 0. The first-order valence-corrected chi connectivity index (χ1v) is 7.05. The second-order valence-corrected chi connectivity index (χ2v) is 5.03. The second-order valence-electron chi connectivity index (χ2n) is 5.03. The molecule has 0 spiro atoms. The molecule has 0 saturated heterocycles. The van der Waals surface area contributed by atoms with Gasteiger partial charge in [0.1, 0.15) is 12.1 Å². The second kappa shape index (κ2) is 6.34. The van der Waals surface area contributed by atoms with E-state index >= 15 is 0 Å². The van der Waals surface area contributed by atoms with E-state index in [-0.39, 0.29) is 24.6 Å². The van der Waals surface area contributed by atoms with Gasteiger partial charge in [-0.25, -0.2) is 4.68 Å². The zero-order valence-corrected chi connectivity index (χ0v) is 12.6. The van der Waals surface area contributed by atoms with Gasteiger partial charge in [0.2, 0.25) is 5.91 Å². The Hall–Kier alpha value is -3.24. The number of aromatic nitrogens is 5. The van der Waals surface area contributed by atoms with Gasteiger partial charge in [0.15, 0.2) is 11.5 Å². The highest BCUT2D eigenvalue weighted by atomic mass is 19.4. The maximum Gasteiger partial charge on any atom is 0.420 e. The fourth-order valence-electron chi connectivity index (χ4n) is 2.18. The van der Waals surface area contributed by atoms with Crippen molar-refractivity contribution in [1.29, 1.82) is 0 Å². The molecule has 0 aliphatic heterocycles. The molecule has 1 N–H and O–H groups in total. The largest absolute Gasteiger partial charge is 0.420 e. The molecule has 0 aliphatic carbocycles. The van der Waals surface area contributed by atoms with Crippen molar-refractivity contribution in [3.63, 3.8) is 0 Å². The Bertz CT molecular complexity index is 978. The predicted octanol–water partition coefficient (Wildman–Crippen LogP) is 0.621. The molecule has 0 fully saturated rings. The van der Waals surface area contributed by atoms with Gasteiger partial charge in [-0.2, -0.15) is 18.3 Å². The Labute approximate surface area is 137 Å². The molecular weight excluding hydrogens is 341 g/mol. The highest BCUT2D eigenvalue weighted by molar-refractivity contribution is 5.75. The number of halogens is 3. The fourth-order valence-corrected chi connectivity index (χ4v) is 2.18. The maximum absolute atomic E-state index is 12.9. The van der Waals surface area contributed by atoms with Gasteiger partial charge in [0.25, 0.3) is 5.56 Å².